The first-order chi connectivity index (χ1) is 14.5. The van der Waals surface area contributed by atoms with Gasteiger partial charge in [0.05, 0.1) is 37.1 Å². The van der Waals surface area contributed by atoms with Gasteiger partial charge < -0.3 is 20.6 Å². The van der Waals surface area contributed by atoms with Crippen molar-refractivity contribution in [3.05, 3.63) is 35.3 Å². The second kappa shape index (κ2) is 10.1. The molecule has 30 heavy (non-hydrogen) atoms. The van der Waals surface area contributed by atoms with Crippen molar-refractivity contribution in [3.8, 4) is 17.1 Å². The topological polar surface area (TPSA) is 134 Å². The number of anilines is 1. The summed E-state index contributed by atoms with van der Waals surface area (Å²) in [6.07, 6.45) is 0.0664. The molecular formula is C18H20N6O4S2. The summed E-state index contributed by atoms with van der Waals surface area (Å²) < 4.78 is 11.5. The van der Waals surface area contributed by atoms with Gasteiger partial charge in [-0.25, -0.2) is 9.66 Å². The standard InChI is InChI=1S/C18H20N6O4S2/c1-3-28-15(26)8-11-9-29-17(20-11)21-14(25)10-30-18-23-22-16(24(18)19)12-6-4-5-7-13(12)27-2/h4-7,9H,3,8,10,19H2,1-2H3,(H,20,21,25). The zero-order chi connectivity index (χ0) is 21.5. The number of nitrogens with zero attached hydrogens (tertiary/aromatic N) is 4. The highest BCUT2D eigenvalue weighted by atomic mass is 32.2. The summed E-state index contributed by atoms with van der Waals surface area (Å²) in [5.41, 5.74) is 1.24. The number of esters is 1. The Bertz CT molecular complexity index is 1040. The first-order valence-corrected chi connectivity index (χ1v) is 10.7. The fourth-order valence-corrected chi connectivity index (χ4v) is 3.86. The zero-order valence-corrected chi connectivity index (χ0v) is 18.0. The smallest absolute Gasteiger partial charge is 0.311 e. The molecule has 1 amide bonds. The second-order valence-corrected chi connectivity index (χ2v) is 7.64. The third kappa shape index (κ3) is 5.27. The van der Waals surface area contributed by atoms with Gasteiger partial charge in [0.1, 0.15) is 5.75 Å². The highest BCUT2D eigenvalue weighted by molar-refractivity contribution is 7.99. The molecule has 0 fully saturated rings. The Balaban J connectivity index is 1.57. The molecule has 3 N–H and O–H groups in total. The number of hydrogen-bond acceptors (Lipinski definition) is 10. The van der Waals surface area contributed by atoms with Crippen molar-refractivity contribution in [1.82, 2.24) is 19.9 Å². The number of thiazole rings is 1. The lowest BCUT2D eigenvalue weighted by Crippen LogP contribution is -2.16. The highest BCUT2D eigenvalue weighted by Gasteiger charge is 2.17. The molecule has 0 aliphatic carbocycles. The van der Waals surface area contributed by atoms with Crippen LogP contribution in [0.3, 0.4) is 0 Å². The van der Waals surface area contributed by atoms with Crippen molar-refractivity contribution < 1.29 is 19.1 Å². The first-order valence-electron chi connectivity index (χ1n) is 8.88. The van der Waals surface area contributed by atoms with Gasteiger partial charge in [-0.1, -0.05) is 23.9 Å². The number of thioether (sulfide) groups is 1. The van der Waals surface area contributed by atoms with Gasteiger partial charge in [0.15, 0.2) is 11.0 Å². The molecule has 0 saturated heterocycles. The average molecular weight is 449 g/mol. The van der Waals surface area contributed by atoms with Gasteiger partial charge in [-0.2, -0.15) is 0 Å². The number of carbonyl (C=O) groups is 2. The number of nitrogens with one attached hydrogen (secondary N) is 1. The predicted octanol–water partition coefficient (Wildman–Crippen LogP) is 1.96. The normalized spacial score (nSPS) is 10.6. The molecule has 0 atom stereocenters. The predicted molar refractivity (Wildman–Crippen MR) is 114 cm³/mol. The van der Waals surface area contributed by atoms with Crippen LogP contribution in [-0.4, -0.2) is 51.2 Å². The molecule has 2 aromatic heterocycles. The van der Waals surface area contributed by atoms with E-state index in [0.29, 0.717) is 39.7 Å². The Labute approximate surface area is 180 Å². The Kier molecular flexibility index (Phi) is 7.25. The summed E-state index contributed by atoms with van der Waals surface area (Å²) in [6, 6.07) is 7.31. The van der Waals surface area contributed by atoms with Crippen LogP contribution in [0, 0.1) is 0 Å². The van der Waals surface area contributed by atoms with Crippen molar-refractivity contribution in [1.29, 1.82) is 0 Å². The number of nitrogen functional groups attached to an aromatic ring is 1. The van der Waals surface area contributed by atoms with Gasteiger partial charge in [-0.15, -0.1) is 21.5 Å². The van der Waals surface area contributed by atoms with E-state index in [0.717, 1.165) is 11.8 Å². The van der Waals surface area contributed by atoms with Crippen LogP contribution >= 0.6 is 23.1 Å². The van der Waals surface area contributed by atoms with E-state index in [1.807, 2.05) is 18.2 Å². The third-order valence-electron chi connectivity index (χ3n) is 3.77. The number of aromatic nitrogens is 4. The number of ether oxygens (including phenoxy) is 2. The molecule has 158 valence electrons. The minimum atomic E-state index is -0.357. The molecule has 10 nitrogen and oxygen atoms in total. The summed E-state index contributed by atoms with van der Waals surface area (Å²) in [6.45, 7) is 2.05. The molecule has 0 radical (unpaired) electrons. The van der Waals surface area contributed by atoms with Crippen molar-refractivity contribution >= 4 is 40.1 Å². The monoisotopic (exact) mass is 448 g/mol. The van der Waals surface area contributed by atoms with Crippen molar-refractivity contribution in [3.63, 3.8) is 0 Å². The van der Waals surface area contributed by atoms with E-state index in [1.54, 1.807) is 25.5 Å². The fourth-order valence-electron chi connectivity index (χ4n) is 2.48. The molecule has 0 spiro atoms. The third-order valence-corrected chi connectivity index (χ3v) is 5.52. The van der Waals surface area contributed by atoms with E-state index in [4.69, 9.17) is 15.3 Å². The molecule has 3 rings (SSSR count). The van der Waals surface area contributed by atoms with E-state index >= 15 is 0 Å². The molecule has 3 aromatic rings. The summed E-state index contributed by atoms with van der Waals surface area (Å²) in [5, 5.41) is 13.3. The van der Waals surface area contributed by atoms with Gasteiger partial charge in [0, 0.05) is 5.38 Å². The molecular weight excluding hydrogens is 428 g/mol. The van der Waals surface area contributed by atoms with E-state index in [9.17, 15) is 9.59 Å². The first kappa shape index (κ1) is 21.6. The van der Waals surface area contributed by atoms with Crippen LogP contribution in [0.2, 0.25) is 0 Å². The molecule has 0 aliphatic heterocycles. The number of hydrogen-bond donors (Lipinski definition) is 2. The van der Waals surface area contributed by atoms with Crippen molar-refractivity contribution in [2.24, 2.45) is 0 Å². The summed E-state index contributed by atoms with van der Waals surface area (Å²) >= 11 is 2.38. The maximum Gasteiger partial charge on any atom is 0.311 e. The van der Waals surface area contributed by atoms with Gasteiger partial charge in [-0.05, 0) is 19.1 Å². The quantitative estimate of drug-likeness (QED) is 0.286. The number of rotatable bonds is 9. The highest BCUT2D eigenvalue weighted by Crippen LogP contribution is 2.29. The maximum absolute atomic E-state index is 12.2. The summed E-state index contributed by atoms with van der Waals surface area (Å²) in [4.78, 5) is 27.9. The Morgan fingerprint density at radius 2 is 2.10 bits per heavy atom. The largest absolute Gasteiger partial charge is 0.496 e. The number of amides is 1. The number of carbonyl (C=O) groups excluding carboxylic acids is 2. The second-order valence-electron chi connectivity index (χ2n) is 5.84. The van der Waals surface area contributed by atoms with Crippen LogP contribution < -0.4 is 15.9 Å². The van der Waals surface area contributed by atoms with E-state index in [2.05, 4.69) is 20.5 Å². The minimum absolute atomic E-state index is 0.0635. The van der Waals surface area contributed by atoms with Crippen LogP contribution in [0.4, 0.5) is 5.13 Å². The van der Waals surface area contributed by atoms with Gasteiger partial charge >= 0.3 is 5.97 Å². The number of para-hydroxylation sites is 1. The van der Waals surface area contributed by atoms with Crippen molar-refractivity contribution in [2.45, 2.75) is 18.5 Å². The van der Waals surface area contributed by atoms with Crippen LogP contribution in [0.5, 0.6) is 5.75 Å². The molecule has 0 saturated carbocycles. The molecule has 0 bridgehead atoms. The van der Waals surface area contributed by atoms with E-state index in [1.165, 1.54) is 16.0 Å². The Hall–Kier alpha value is -3.12. The Morgan fingerprint density at radius 3 is 2.87 bits per heavy atom. The number of methoxy groups -OCH3 is 1. The van der Waals surface area contributed by atoms with Crippen LogP contribution in [0.25, 0.3) is 11.4 Å². The van der Waals surface area contributed by atoms with Crippen LogP contribution in [0.15, 0.2) is 34.8 Å². The lowest BCUT2D eigenvalue weighted by Gasteiger charge is -2.07. The maximum atomic E-state index is 12.2. The number of benzene rings is 1. The zero-order valence-electron chi connectivity index (χ0n) is 16.3. The van der Waals surface area contributed by atoms with Crippen LogP contribution in [-0.2, 0) is 20.7 Å². The van der Waals surface area contributed by atoms with E-state index < -0.39 is 0 Å². The summed E-state index contributed by atoms with van der Waals surface area (Å²) in [5.74, 6) is 6.58. The molecule has 2 heterocycles. The van der Waals surface area contributed by atoms with Gasteiger partial charge in [0.2, 0.25) is 11.1 Å². The average Bonchev–Trinajstić information content (AvgIpc) is 3.32. The van der Waals surface area contributed by atoms with Crippen molar-refractivity contribution in [2.75, 3.05) is 30.6 Å². The molecule has 0 unspecified atom stereocenters. The molecule has 12 heteroatoms. The minimum Gasteiger partial charge on any atom is -0.496 e. The van der Waals surface area contributed by atoms with E-state index in [-0.39, 0.29) is 24.1 Å². The Morgan fingerprint density at radius 1 is 1.30 bits per heavy atom. The number of nitrogens with two attached hydrogens (primary N) is 1. The van der Waals surface area contributed by atoms with Gasteiger partial charge in [0.25, 0.3) is 0 Å². The van der Waals surface area contributed by atoms with Crippen LogP contribution in [0.1, 0.15) is 12.6 Å². The summed E-state index contributed by atoms with van der Waals surface area (Å²) in [7, 11) is 1.56. The SMILES string of the molecule is CCOC(=O)Cc1csc(NC(=O)CSc2nnc(-c3ccccc3OC)n2N)n1. The van der Waals surface area contributed by atoms with Gasteiger partial charge in [-0.3, -0.25) is 9.59 Å². The molecule has 1 aromatic carbocycles. The molecule has 0 aliphatic rings. The fraction of sp³-hybridized carbons (Fsp3) is 0.278. The lowest BCUT2D eigenvalue weighted by atomic mass is 10.2. The lowest BCUT2D eigenvalue weighted by molar-refractivity contribution is -0.142.